The van der Waals surface area contributed by atoms with Crippen molar-refractivity contribution in [1.82, 2.24) is 10.2 Å². The molecule has 0 aromatic rings. The molecule has 1 atom stereocenters. The van der Waals surface area contributed by atoms with Gasteiger partial charge in [-0.05, 0) is 19.3 Å². The Kier molecular flexibility index (Phi) is 5.58. The molecule has 120 valence electrons. The van der Waals surface area contributed by atoms with Crippen LogP contribution in [0.3, 0.4) is 0 Å². The fourth-order valence-electron chi connectivity index (χ4n) is 3.21. The molecule has 1 aliphatic carbocycles. The van der Waals surface area contributed by atoms with E-state index >= 15 is 0 Å². The van der Waals surface area contributed by atoms with Gasteiger partial charge in [0.25, 0.3) is 0 Å². The fourth-order valence-corrected chi connectivity index (χ4v) is 3.21. The Morgan fingerprint density at radius 2 is 2.19 bits per heavy atom. The summed E-state index contributed by atoms with van der Waals surface area (Å²) in [4.78, 5) is 25.5. The van der Waals surface area contributed by atoms with Gasteiger partial charge >= 0.3 is 0 Å². The number of ether oxygens (including phenoxy) is 1. The summed E-state index contributed by atoms with van der Waals surface area (Å²) in [6.07, 6.45) is 4.67. The van der Waals surface area contributed by atoms with Gasteiger partial charge in [0.05, 0.1) is 18.1 Å². The molecule has 6 nitrogen and oxygen atoms in total. The third-order valence-corrected chi connectivity index (χ3v) is 4.57. The lowest BCUT2D eigenvalue weighted by Gasteiger charge is -2.22. The van der Waals surface area contributed by atoms with Gasteiger partial charge in [-0.25, -0.2) is 0 Å². The van der Waals surface area contributed by atoms with Crippen molar-refractivity contribution in [2.45, 2.75) is 44.1 Å². The van der Waals surface area contributed by atoms with Crippen LogP contribution < -0.4 is 5.32 Å². The fraction of sp³-hybridized carbons (Fsp3) is 0.867. The minimum Gasteiger partial charge on any atom is -0.390 e. The van der Waals surface area contributed by atoms with E-state index in [0.29, 0.717) is 32.7 Å². The van der Waals surface area contributed by atoms with E-state index in [-0.39, 0.29) is 24.2 Å². The SMILES string of the molecule is COCCN1C[C@@H](C(=O)NCCC2(O)CCCC2)CC1=O. The standard InChI is InChI=1S/C15H26N2O4/c1-21-9-8-17-11-12(10-13(17)18)14(19)16-7-6-15(20)4-2-3-5-15/h12,20H,2-11H2,1H3,(H,16,19)/t12-/m0/s1. The summed E-state index contributed by atoms with van der Waals surface area (Å²) in [5, 5.41) is 13.1. The zero-order valence-electron chi connectivity index (χ0n) is 12.8. The van der Waals surface area contributed by atoms with Crippen molar-refractivity contribution in [3.63, 3.8) is 0 Å². The molecular weight excluding hydrogens is 272 g/mol. The van der Waals surface area contributed by atoms with Crippen LogP contribution in [0.5, 0.6) is 0 Å². The van der Waals surface area contributed by atoms with E-state index < -0.39 is 5.60 Å². The highest BCUT2D eigenvalue weighted by molar-refractivity contribution is 5.89. The minimum atomic E-state index is -0.594. The van der Waals surface area contributed by atoms with E-state index in [1.54, 1.807) is 12.0 Å². The first-order chi connectivity index (χ1) is 10.0. The van der Waals surface area contributed by atoms with Gasteiger partial charge < -0.3 is 20.1 Å². The first-order valence-corrected chi connectivity index (χ1v) is 7.81. The molecule has 1 heterocycles. The van der Waals surface area contributed by atoms with Gasteiger partial charge in [-0.15, -0.1) is 0 Å². The molecule has 0 aromatic carbocycles. The number of nitrogens with one attached hydrogen (secondary N) is 1. The number of nitrogens with zero attached hydrogens (tertiary/aromatic N) is 1. The average Bonchev–Trinajstić information content (AvgIpc) is 3.03. The first-order valence-electron chi connectivity index (χ1n) is 7.81. The maximum atomic E-state index is 12.1. The maximum Gasteiger partial charge on any atom is 0.225 e. The maximum absolute atomic E-state index is 12.1. The lowest BCUT2D eigenvalue weighted by atomic mass is 9.98. The summed E-state index contributed by atoms with van der Waals surface area (Å²) in [6, 6.07) is 0. The van der Waals surface area contributed by atoms with E-state index in [0.717, 1.165) is 25.7 Å². The summed E-state index contributed by atoms with van der Waals surface area (Å²) >= 11 is 0. The molecule has 0 radical (unpaired) electrons. The van der Waals surface area contributed by atoms with E-state index in [2.05, 4.69) is 5.32 Å². The largest absolute Gasteiger partial charge is 0.390 e. The number of amides is 2. The Bertz CT molecular complexity index is 380. The van der Waals surface area contributed by atoms with Crippen LogP contribution in [0.1, 0.15) is 38.5 Å². The van der Waals surface area contributed by atoms with Gasteiger partial charge in [-0.3, -0.25) is 9.59 Å². The Morgan fingerprint density at radius 3 is 2.86 bits per heavy atom. The molecular formula is C15H26N2O4. The second-order valence-corrected chi connectivity index (χ2v) is 6.21. The summed E-state index contributed by atoms with van der Waals surface area (Å²) in [7, 11) is 1.60. The van der Waals surface area contributed by atoms with Crippen molar-refractivity contribution >= 4 is 11.8 Å². The number of carbonyl (C=O) groups excluding carboxylic acids is 2. The highest BCUT2D eigenvalue weighted by Crippen LogP contribution is 2.31. The predicted molar refractivity (Wildman–Crippen MR) is 77.6 cm³/mol. The van der Waals surface area contributed by atoms with Crippen molar-refractivity contribution in [3.05, 3.63) is 0 Å². The number of aliphatic hydroxyl groups is 1. The van der Waals surface area contributed by atoms with E-state index in [1.165, 1.54) is 0 Å². The highest BCUT2D eigenvalue weighted by atomic mass is 16.5. The third kappa shape index (κ3) is 4.41. The van der Waals surface area contributed by atoms with Crippen LogP contribution in [0.25, 0.3) is 0 Å². The molecule has 6 heteroatoms. The van der Waals surface area contributed by atoms with Gasteiger partial charge in [0.1, 0.15) is 0 Å². The van der Waals surface area contributed by atoms with Crippen molar-refractivity contribution in [1.29, 1.82) is 0 Å². The van der Waals surface area contributed by atoms with Crippen LogP contribution in [-0.2, 0) is 14.3 Å². The molecule has 0 bridgehead atoms. The van der Waals surface area contributed by atoms with Crippen molar-refractivity contribution < 1.29 is 19.4 Å². The van der Waals surface area contributed by atoms with Gasteiger partial charge in [-0.1, -0.05) is 12.8 Å². The van der Waals surface area contributed by atoms with E-state index in [4.69, 9.17) is 4.74 Å². The van der Waals surface area contributed by atoms with E-state index in [9.17, 15) is 14.7 Å². The molecule has 2 amide bonds. The Hall–Kier alpha value is -1.14. The van der Waals surface area contributed by atoms with E-state index in [1.807, 2.05) is 0 Å². The number of carbonyl (C=O) groups is 2. The monoisotopic (exact) mass is 298 g/mol. The zero-order valence-corrected chi connectivity index (χ0v) is 12.8. The molecule has 1 saturated heterocycles. The molecule has 0 aromatic heterocycles. The summed E-state index contributed by atoms with van der Waals surface area (Å²) in [5.41, 5.74) is -0.594. The van der Waals surface area contributed by atoms with Gasteiger partial charge in [0.2, 0.25) is 11.8 Å². The topological polar surface area (TPSA) is 78.9 Å². The van der Waals surface area contributed by atoms with Crippen LogP contribution in [0.4, 0.5) is 0 Å². The quantitative estimate of drug-likeness (QED) is 0.708. The average molecular weight is 298 g/mol. The van der Waals surface area contributed by atoms with Crippen molar-refractivity contribution in [2.24, 2.45) is 5.92 Å². The minimum absolute atomic E-state index is 0.0154. The number of hydrogen-bond acceptors (Lipinski definition) is 4. The van der Waals surface area contributed by atoms with Crippen LogP contribution in [0.15, 0.2) is 0 Å². The normalized spacial score (nSPS) is 24.6. The highest BCUT2D eigenvalue weighted by Gasteiger charge is 2.35. The number of likely N-dealkylation sites (tertiary alicyclic amines) is 1. The molecule has 2 rings (SSSR count). The van der Waals surface area contributed by atoms with Crippen LogP contribution in [-0.4, -0.2) is 60.8 Å². The van der Waals surface area contributed by atoms with Crippen molar-refractivity contribution in [3.8, 4) is 0 Å². The van der Waals surface area contributed by atoms with Crippen LogP contribution in [0.2, 0.25) is 0 Å². The predicted octanol–water partition coefficient (Wildman–Crippen LogP) is 0.293. The summed E-state index contributed by atoms with van der Waals surface area (Å²) < 4.78 is 4.96. The van der Waals surface area contributed by atoms with Gasteiger partial charge in [0.15, 0.2) is 0 Å². The second kappa shape index (κ2) is 7.22. The number of methoxy groups -OCH3 is 1. The van der Waals surface area contributed by atoms with Crippen LogP contribution in [0, 0.1) is 5.92 Å². The molecule has 21 heavy (non-hydrogen) atoms. The molecule has 2 aliphatic rings. The summed E-state index contributed by atoms with van der Waals surface area (Å²) in [5.74, 6) is -0.334. The molecule has 1 saturated carbocycles. The Balaban J connectivity index is 1.70. The Morgan fingerprint density at radius 1 is 1.48 bits per heavy atom. The lowest BCUT2D eigenvalue weighted by molar-refractivity contribution is -0.129. The van der Waals surface area contributed by atoms with Gasteiger partial charge in [0, 0.05) is 33.2 Å². The number of hydrogen-bond donors (Lipinski definition) is 2. The first kappa shape index (κ1) is 16.2. The smallest absolute Gasteiger partial charge is 0.225 e. The van der Waals surface area contributed by atoms with Crippen LogP contribution >= 0.6 is 0 Å². The van der Waals surface area contributed by atoms with Gasteiger partial charge in [-0.2, -0.15) is 0 Å². The molecule has 0 unspecified atom stereocenters. The second-order valence-electron chi connectivity index (χ2n) is 6.21. The molecule has 0 spiro atoms. The molecule has 1 aliphatic heterocycles. The van der Waals surface area contributed by atoms with Crippen molar-refractivity contribution in [2.75, 3.05) is 33.4 Å². The zero-order chi connectivity index (χ0) is 15.3. The summed E-state index contributed by atoms with van der Waals surface area (Å²) in [6.45, 7) is 1.99. The lowest BCUT2D eigenvalue weighted by Crippen LogP contribution is -2.37. The molecule has 2 fully saturated rings. The Labute approximate surface area is 125 Å². The number of rotatable bonds is 7. The molecule has 2 N–H and O–H groups in total. The third-order valence-electron chi connectivity index (χ3n) is 4.57.